The van der Waals surface area contributed by atoms with Crippen LogP contribution in [0.3, 0.4) is 0 Å². The molecule has 0 aliphatic heterocycles. The molecule has 94 valence electrons. The summed E-state index contributed by atoms with van der Waals surface area (Å²) in [6.45, 7) is 5.32. The van der Waals surface area contributed by atoms with Gasteiger partial charge in [-0.2, -0.15) is 0 Å². The smallest absolute Gasteiger partial charge is 0.193 e. The van der Waals surface area contributed by atoms with Crippen LogP contribution in [0.4, 0.5) is 0 Å². The standard InChI is InChI=1S/C12H19N3OS/c1-9(2)11(3-5-16)13-7-10-8-15-4-6-17-12(15)14-10/h4,6,8-9,11,13,16H,3,5,7H2,1-2H3. The average Bonchev–Trinajstić information content (AvgIpc) is 2.83. The quantitative estimate of drug-likeness (QED) is 0.826. The highest BCUT2D eigenvalue weighted by Gasteiger charge is 2.12. The molecule has 1 unspecified atom stereocenters. The Morgan fingerprint density at radius 3 is 3.00 bits per heavy atom. The molecule has 0 radical (unpaired) electrons. The van der Waals surface area contributed by atoms with Crippen molar-refractivity contribution in [3.8, 4) is 0 Å². The van der Waals surface area contributed by atoms with Crippen LogP contribution in [-0.4, -0.2) is 27.1 Å². The van der Waals surface area contributed by atoms with Gasteiger partial charge in [0.15, 0.2) is 4.96 Å². The Kier molecular flexibility index (Phi) is 4.15. The van der Waals surface area contributed by atoms with Crippen molar-refractivity contribution in [2.75, 3.05) is 6.61 Å². The second-order valence-electron chi connectivity index (χ2n) is 4.57. The van der Waals surface area contributed by atoms with Crippen LogP contribution in [0.15, 0.2) is 17.8 Å². The third-order valence-electron chi connectivity index (χ3n) is 2.93. The summed E-state index contributed by atoms with van der Waals surface area (Å²) in [4.78, 5) is 5.55. The summed E-state index contributed by atoms with van der Waals surface area (Å²) in [7, 11) is 0. The fourth-order valence-electron chi connectivity index (χ4n) is 1.91. The molecule has 0 bridgehead atoms. The van der Waals surface area contributed by atoms with Crippen LogP contribution < -0.4 is 5.32 Å². The Bertz CT molecular complexity index is 434. The number of fused-ring (bicyclic) bond motifs is 1. The molecule has 0 amide bonds. The van der Waals surface area contributed by atoms with Crippen molar-refractivity contribution in [3.05, 3.63) is 23.5 Å². The van der Waals surface area contributed by atoms with E-state index in [0.29, 0.717) is 12.0 Å². The Morgan fingerprint density at radius 2 is 2.35 bits per heavy atom. The SMILES string of the molecule is CC(C)C(CCO)NCc1cn2ccsc2n1. The van der Waals surface area contributed by atoms with Gasteiger partial charge >= 0.3 is 0 Å². The number of aromatic nitrogens is 2. The molecule has 1 atom stereocenters. The van der Waals surface area contributed by atoms with E-state index in [0.717, 1.165) is 23.6 Å². The lowest BCUT2D eigenvalue weighted by Gasteiger charge is -2.20. The molecule has 0 fully saturated rings. The van der Waals surface area contributed by atoms with Gasteiger partial charge < -0.3 is 10.4 Å². The van der Waals surface area contributed by atoms with Crippen LogP contribution in [0.5, 0.6) is 0 Å². The molecule has 4 nitrogen and oxygen atoms in total. The minimum atomic E-state index is 0.230. The van der Waals surface area contributed by atoms with Gasteiger partial charge in [0.1, 0.15) is 0 Å². The average molecular weight is 253 g/mol. The number of imidazole rings is 1. The van der Waals surface area contributed by atoms with E-state index < -0.39 is 0 Å². The Balaban J connectivity index is 1.94. The summed E-state index contributed by atoms with van der Waals surface area (Å²) in [6.07, 6.45) is 4.86. The van der Waals surface area contributed by atoms with Crippen molar-refractivity contribution in [3.63, 3.8) is 0 Å². The number of hydrogen-bond donors (Lipinski definition) is 2. The fraction of sp³-hybridized carbons (Fsp3) is 0.583. The molecule has 2 aromatic heterocycles. The van der Waals surface area contributed by atoms with E-state index in [1.54, 1.807) is 11.3 Å². The predicted molar refractivity (Wildman–Crippen MR) is 70.2 cm³/mol. The highest BCUT2D eigenvalue weighted by molar-refractivity contribution is 7.15. The van der Waals surface area contributed by atoms with Crippen LogP contribution in [-0.2, 0) is 6.54 Å². The molecule has 0 aromatic carbocycles. The zero-order valence-corrected chi connectivity index (χ0v) is 11.1. The molecule has 0 saturated carbocycles. The monoisotopic (exact) mass is 253 g/mol. The lowest BCUT2D eigenvalue weighted by Crippen LogP contribution is -2.34. The third-order valence-corrected chi connectivity index (χ3v) is 3.70. The molecule has 0 spiro atoms. The van der Waals surface area contributed by atoms with Crippen LogP contribution in [0, 0.1) is 5.92 Å². The molecule has 2 aromatic rings. The van der Waals surface area contributed by atoms with Crippen molar-refractivity contribution >= 4 is 16.3 Å². The van der Waals surface area contributed by atoms with Crippen LogP contribution in [0.1, 0.15) is 26.0 Å². The van der Waals surface area contributed by atoms with Crippen molar-refractivity contribution in [2.24, 2.45) is 5.92 Å². The van der Waals surface area contributed by atoms with Gasteiger partial charge in [0, 0.05) is 37.0 Å². The molecule has 17 heavy (non-hydrogen) atoms. The fourth-order valence-corrected chi connectivity index (χ4v) is 2.63. The maximum Gasteiger partial charge on any atom is 0.193 e. The van der Waals surface area contributed by atoms with Gasteiger partial charge in [-0.3, -0.25) is 4.40 Å². The lowest BCUT2D eigenvalue weighted by atomic mass is 10.0. The summed E-state index contributed by atoms with van der Waals surface area (Å²) in [6, 6.07) is 0.347. The van der Waals surface area contributed by atoms with Crippen LogP contribution >= 0.6 is 11.3 Å². The van der Waals surface area contributed by atoms with Gasteiger partial charge in [0.05, 0.1) is 5.69 Å². The predicted octanol–water partition coefficient (Wildman–Crippen LogP) is 1.89. The molecule has 2 heterocycles. The van der Waals surface area contributed by atoms with E-state index in [1.807, 2.05) is 16.0 Å². The van der Waals surface area contributed by atoms with Gasteiger partial charge in [-0.25, -0.2) is 4.98 Å². The molecule has 0 aliphatic carbocycles. The molecule has 0 saturated heterocycles. The van der Waals surface area contributed by atoms with Crippen LogP contribution in [0.25, 0.3) is 4.96 Å². The second kappa shape index (κ2) is 5.62. The van der Waals surface area contributed by atoms with Gasteiger partial charge in [-0.1, -0.05) is 13.8 Å². The van der Waals surface area contributed by atoms with Gasteiger partial charge in [0.25, 0.3) is 0 Å². The number of aliphatic hydroxyl groups is 1. The van der Waals surface area contributed by atoms with Gasteiger partial charge in [-0.05, 0) is 12.3 Å². The molecule has 5 heteroatoms. The number of rotatable bonds is 6. The van der Waals surface area contributed by atoms with Crippen LogP contribution in [0.2, 0.25) is 0 Å². The zero-order chi connectivity index (χ0) is 12.3. The number of hydrogen-bond acceptors (Lipinski definition) is 4. The first-order valence-corrected chi connectivity index (χ1v) is 6.84. The minimum absolute atomic E-state index is 0.230. The van der Waals surface area contributed by atoms with E-state index in [4.69, 9.17) is 5.11 Å². The highest BCUT2D eigenvalue weighted by Crippen LogP contribution is 2.12. The third kappa shape index (κ3) is 3.06. The van der Waals surface area contributed by atoms with E-state index in [1.165, 1.54) is 0 Å². The maximum atomic E-state index is 9.01. The molecule has 2 N–H and O–H groups in total. The summed E-state index contributed by atoms with van der Waals surface area (Å²) in [5.74, 6) is 0.519. The number of nitrogens with zero attached hydrogens (tertiary/aromatic N) is 2. The first-order chi connectivity index (χ1) is 8.20. The minimum Gasteiger partial charge on any atom is -0.396 e. The molecular weight excluding hydrogens is 234 g/mol. The Labute approximate surface area is 105 Å². The summed E-state index contributed by atoms with van der Waals surface area (Å²) >= 11 is 1.64. The topological polar surface area (TPSA) is 49.6 Å². The molecular formula is C12H19N3OS. The van der Waals surface area contributed by atoms with E-state index >= 15 is 0 Å². The first-order valence-electron chi connectivity index (χ1n) is 5.96. The normalized spacial score (nSPS) is 13.6. The van der Waals surface area contributed by atoms with Crippen molar-refractivity contribution in [1.82, 2.24) is 14.7 Å². The van der Waals surface area contributed by atoms with E-state index in [-0.39, 0.29) is 6.61 Å². The van der Waals surface area contributed by atoms with E-state index in [2.05, 4.69) is 30.3 Å². The van der Waals surface area contributed by atoms with E-state index in [9.17, 15) is 0 Å². The lowest BCUT2D eigenvalue weighted by molar-refractivity contribution is 0.243. The highest BCUT2D eigenvalue weighted by atomic mass is 32.1. The van der Waals surface area contributed by atoms with Crippen molar-refractivity contribution < 1.29 is 5.11 Å². The second-order valence-corrected chi connectivity index (χ2v) is 5.44. The number of nitrogens with one attached hydrogen (secondary N) is 1. The number of aliphatic hydroxyl groups excluding tert-OH is 1. The Hall–Kier alpha value is -0.910. The summed E-state index contributed by atoms with van der Waals surface area (Å²) < 4.78 is 2.04. The van der Waals surface area contributed by atoms with Crippen molar-refractivity contribution in [2.45, 2.75) is 32.9 Å². The van der Waals surface area contributed by atoms with Crippen molar-refractivity contribution in [1.29, 1.82) is 0 Å². The maximum absolute atomic E-state index is 9.01. The number of thiazole rings is 1. The molecule has 2 rings (SSSR count). The van der Waals surface area contributed by atoms with Gasteiger partial charge in [-0.15, -0.1) is 11.3 Å². The molecule has 0 aliphatic rings. The first kappa shape index (κ1) is 12.5. The largest absolute Gasteiger partial charge is 0.396 e. The van der Waals surface area contributed by atoms with Gasteiger partial charge in [0.2, 0.25) is 0 Å². The summed E-state index contributed by atoms with van der Waals surface area (Å²) in [5.41, 5.74) is 1.06. The zero-order valence-electron chi connectivity index (χ0n) is 10.3. The Morgan fingerprint density at radius 1 is 1.53 bits per heavy atom. The summed E-state index contributed by atoms with van der Waals surface area (Å²) in [5, 5.41) is 14.5.